The Labute approximate surface area is 133 Å². The number of carbonyl (C=O) groups excluding carboxylic acids is 2. The Bertz CT molecular complexity index is 607. The molecule has 3 N–H and O–H groups in total. The molecule has 8 nitrogen and oxygen atoms in total. The number of urea groups is 1. The van der Waals surface area contributed by atoms with Gasteiger partial charge in [0.05, 0.1) is 12.6 Å². The molecule has 0 aliphatic carbocycles. The fourth-order valence-electron chi connectivity index (χ4n) is 2.66. The summed E-state index contributed by atoms with van der Waals surface area (Å²) in [6, 6.07) is 4.71. The average Bonchev–Trinajstić information content (AvgIpc) is 2.92. The maximum atomic E-state index is 12.2. The summed E-state index contributed by atoms with van der Waals surface area (Å²) in [7, 11) is 0. The number of anilines is 1. The summed E-state index contributed by atoms with van der Waals surface area (Å²) < 4.78 is 11.0. The van der Waals surface area contributed by atoms with Gasteiger partial charge in [-0.3, -0.25) is 4.79 Å². The molecule has 1 atom stereocenters. The van der Waals surface area contributed by atoms with E-state index in [0.717, 1.165) is 5.69 Å². The molecule has 0 unspecified atom stereocenters. The Morgan fingerprint density at radius 1 is 1.30 bits per heavy atom. The van der Waals surface area contributed by atoms with E-state index in [1.165, 1.54) is 0 Å². The molecule has 3 amide bonds. The van der Waals surface area contributed by atoms with Crippen molar-refractivity contribution >= 4 is 17.6 Å². The molecule has 23 heavy (non-hydrogen) atoms. The second-order valence-electron chi connectivity index (χ2n) is 5.36. The minimum Gasteiger partial charge on any atom is -0.486 e. The SMILES string of the molecule is O=C(NCCO)N[C@H]1CC(=O)N(c2ccc3c(c2)OCCO3)C1. The Kier molecular flexibility index (Phi) is 4.52. The number of hydrogen-bond donors (Lipinski definition) is 3. The average molecular weight is 321 g/mol. The number of fused-ring (bicyclic) bond motifs is 1. The lowest BCUT2D eigenvalue weighted by atomic mass is 10.2. The van der Waals surface area contributed by atoms with Gasteiger partial charge in [-0.25, -0.2) is 4.79 Å². The van der Waals surface area contributed by atoms with Gasteiger partial charge in [0.2, 0.25) is 5.91 Å². The lowest BCUT2D eigenvalue weighted by Crippen LogP contribution is -2.44. The maximum absolute atomic E-state index is 12.2. The van der Waals surface area contributed by atoms with Crippen LogP contribution in [0.4, 0.5) is 10.5 Å². The first-order valence-corrected chi connectivity index (χ1v) is 7.52. The van der Waals surface area contributed by atoms with E-state index in [2.05, 4.69) is 10.6 Å². The molecule has 1 saturated heterocycles. The molecule has 124 valence electrons. The van der Waals surface area contributed by atoms with Crippen LogP contribution in [0.15, 0.2) is 18.2 Å². The van der Waals surface area contributed by atoms with Crippen molar-refractivity contribution in [2.75, 3.05) is 37.8 Å². The molecule has 0 bridgehead atoms. The van der Waals surface area contributed by atoms with Gasteiger partial charge in [-0.1, -0.05) is 0 Å². The van der Waals surface area contributed by atoms with E-state index in [4.69, 9.17) is 14.6 Å². The van der Waals surface area contributed by atoms with Crippen LogP contribution in [0.3, 0.4) is 0 Å². The minimum absolute atomic E-state index is 0.0610. The molecular formula is C15H19N3O5. The normalized spacial score (nSPS) is 19.6. The van der Waals surface area contributed by atoms with Crippen LogP contribution >= 0.6 is 0 Å². The first-order valence-electron chi connectivity index (χ1n) is 7.52. The van der Waals surface area contributed by atoms with E-state index in [0.29, 0.717) is 31.3 Å². The van der Waals surface area contributed by atoms with E-state index in [1.54, 1.807) is 23.1 Å². The summed E-state index contributed by atoms with van der Waals surface area (Å²) >= 11 is 0. The molecular weight excluding hydrogens is 302 g/mol. The fraction of sp³-hybridized carbons (Fsp3) is 0.467. The lowest BCUT2D eigenvalue weighted by molar-refractivity contribution is -0.117. The van der Waals surface area contributed by atoms with E-state index < -0.39 is 0 Å². The summed E-state index contributed by atoms with van der Waals surface area (Å²) in [5.74, 6) is 1.23. The standard InChI is InChI=1S/C15H19N3O5/c19-4-3-16-15(21)17-10-7-14(20)18(9-10)11-1-2-12-13(8-11)23-6-5-22-12/h1-2,8,10,19H,3-7,9H2,(H2,16,17,21)/t10-/m0/s1. The van der Waals surface area contributed by atoms with Crippen molar-refractivity contribution in [3.8, 4) is 11.5 Å². The highest BCUT2D eigenvalue weighted by Crippen LogP contribution is 2.35. The zero-order valence-corrected chi connectivity index (χ0v) is 12.6. The number of amides is 3. The van der Waals surface area contributed by atoms with E-state index >= 15 is 0 Å². The quantitative estimate of drug-likeness (QED) is 0.716. The zero-order valence-electron chi connectivity index (χ0n) is 12.6. The van der Waals surface area contributed by atoms with Gasteiger partial charge in [0.15, 0.2) is 11.5 Å². The number of aliphatic hydroxyl groups is 1. The molecule has 3 rings (SSSR count). The molecule has 0 spiro atoms. The van der Waals surface area contributed by atoms with Crippen LogP contribution in [0, 0.1) is 0 Å². The number of aliphatic hydroxyl groups excluding tert-OH is 1. The molecule has 1 aromatic rings. The Morgan fingerprint density at radius 2 is 2.09 bits per heavy atom. The Hall–Kier alpha value is -2.48. The van der Waals surface area contributed by atoms with E-state index in [-0.39, 0.29) is 37.6 Å². The van der Waals surface area contributed by atoms with Gasteiger partial charge in [0, 0.05) is 31.3 Å². The smallest absolute Gasteiger partial charge is 0.315 e. The van der Waals surface area contributed by atoms with Gasteiger partial charge in [0.1, 0.15) is 13.2 Å². The third-order valence-corrected chi connectivity index (χ3v) is 3.70. The molecule has 2 heterocycles. The molecule has 1 aromatic carbocycles. The van der Waals surface area contributed by atoms with Gasteiger partial charge in [-0.2, -0.15) is 0 Å². The summed E-state index contributed by atoms with van der Waals surface area (Å²) in [5.41, 5.74) is 0.722. The van der Waals surface area contributed by atoms with Crippen LogP contribution in [-0.2, 0) is 4.79 Å². The second kappa shape index (κ2) is 6.74. The van der Waals surface area contributed by atoms with Gasteiger partial charge >= 0.3 is 6.03 Å². The third kappa shape index (κ3) is 3.48. The van der Waals surface area contributed by atoms with Gasteiger partial charge in [0.25, 0.3) is 0 Å². The van der Waals surface area contributed by atoms with Crippen LogP contribution in [0.25, 0.3) is 0 Å². The van der Waals surface area contributed by atoms with Crippen molar-refractivity contribution in [3.05, 3.63) is 18.2 Å². The van der Waals surface area contributed by atoms with Gasteiger partial charge < -0.3 is 30.1 Å². The van der Waals surface area contributed by atoms with Gasteiger partial charge in [-0.05, 0) is 12.1 Å². The predicted octanol–water partition coefficient (Wildman–Crippen LogP) is -0.145. The summed E-state index contributed by atoms with van der Waals surface area (Å²) in [6.07, 6.45) is 0.237. The number of hydrogen-bond acceptors (Lipinski definition) is 5. The molecule has 0 aromatic heterocycles. The summed E-state index contributed by atoms with van der Waals surface area (Å²) in [6.45, 7) is 1.45. The fourth-order valence-corrected chi connectivity index (χ4v) is 2.66. The highest BCUT2D eigenvalue weighted by molar-refractivity contribution is 5.97. The largest absolute Gasteiger partial charge is 0.486 e. The molecule has 8 heteroatoms. The van der Waals surface area contributed by atoms with Crippen LogP contribution < -0.4 is 25.0 Å². The second-order valence-corrected chi connectivity index (χ2v) is 5.36. The van der Waals surface area contributed by atoms with Crippen LogP contribution in [-0.4, -0.2) is 56.0 Å². The van der Waals surface area contributed by atoms with Crippen LogP contribution in [0.2, 0.25) is 0 Å². The van der Waals surface area contributed by atoms with Gasteiger partial charge in [-0.15, -0.1) is 0 Å². The number of rotatable bonds is 4. The maximum Gasteiger partial charge on any atom is 0.315 e. The third-order valence-electron chi connectivity index (χ3n) is 3.70. The number of carbonyl (C=O) groups is 2. The number of nitrogens with one attached hydrogen (secondary N) is 2. The highest BCUT2D eigenvalue weighted by atomic mass is 16.6. The Morgan fingerprint density at radius 3 is 2.87 bits per heavy atom. The van der Waals surface area contributed by atoms with Crippen molar-refractivity contribution in [3.63, 3.8) is 0 Å². The molecule has 2 aliphatic rings. The van der Waals surface area contributed by atoms with Crippen molar-refractivity contribution in [2.24, 2.45) is 0 Å². The number of benzene rings is 1. The Balaban J connectivity index is 1.65. The van der Waals surface area contributed by atoms with Crippen molar-refractivity contribution < 1.29 is 24.2 Å². The molecule has 0 radical (unpaired) electrons. The molecule has 2 aliphatic heterocycles. The lowest BCUT2D eigenvalue weighted by Gasteiger charge is -2.22. The van der Waals surface area contributed by atoms with E-state index in [9.17, 15) is 9.59 Å². The zero-order chi connectivity index (χ0) is 16.2. The minimum atomic E-state index is -0.388. The molecule has 0 saturated carbocycles. The van der Waals surface area contributed by atoms with Crippen molar-refractivity contribution in [2.45, 2.75) is 12.5 Å². The molecule has 1 fully saturated rings. The summed E-state index contributed by atoms with van der Waals surface area (Å²) in [4.78, 5) is 25.4. The number of ether oxygens (including phenoxy) is 2. The van der Waals surface area contributed by atoms with Crippen LogP contribution in [0.5, 0.6) is 11.5 Å². The monoisotopic (exact) mass is 321 g/mol. The topological polar surface area (TPSA) is 100 Å². The predicted molar refractivity (Wildman–Crippen MR) is 81.8 cm³/mol. The first kappa shape index (κ1) is 15.4. The van der Waals surface area contributed by atoms with Crippen molar-refractivity contribution in [1.29, 1.82) is 0 Å². The van der Waals surface area contributed by atoms with E-state index in [1.807, 2.05) is 0 Å². The number of nitrogens with zero attached hydrogens (tertiary/aromatic N) is 1. The summed E-state index contributed by atoms with van der Waals surface area (Å²) in [5, 5.41) is 13.9. The highest BCUT2D eigenvalue weighted by Gasteiger charge is 2.32. The van der Waals surface area contributed by atoms with Crippen LogP contribution in [0.1, 0.15) is 6.42 Å². The first-order chi connectivity index (χ1) is 11.2. The van der Waals surface area contributed by atoms with Crippen molar-refractivity contribution in [1.82, 2.24) is 10.6 Å².